The molecule has 3 rings (SSSR count). The molecule has 6 nitrogen and oxygen atoms in total. The molecule has 23 heavy (non-hydrogen) atoms. The first-order valence-electron chi connectivity index (χ1n) is 7.30. The Hall–Kier alpha value is -2.62. The average Bonchev–Trinajstić information content (AvgIpc) is 2.54. The zero-order valence-electron chi connectivity index (χ0n) is 13.1. The molecule has 0 bridgehead atoms. The summed E-state index contributed by atoms with van der Waals surface area (Å²) in [6.07, 6.45) is 1.88. The van der Waals surface area contributed by atoms with E-state index in [1.807, 2.05) is 38.1 Å². The second kappa shape index (κ2) is 5.54. The number of nitriles is 1. The zero-order valence-corrected chi connectivity index (χ0v) is 13.1. The van der Waals surface area contributed by atoms with Crippen LogP contribution < -0.4 is 10.7 Å². The molecule has 0 atom stereocenters. The van der Waals surface area contributed by atoms with E-state index in [1.54, 1.807) is 6.07 Å². The van der Waals surface area contributed by atoms with Gasteiger partial charge in [-0.2, -0.15) is 10.4 Å². The molecule has 0 saturated heterocycles. The lowest BCUT2D eigenvalue weighted by Crippen LogP contribution is -2.39. The molecule has 0 amide bonds. The van der Waals surface area contributed by atoms with E-state index >= 15 is 0 Å². The van der Waals surface area contributed by atoms with Crippen molar-refractivity contribution in [2.24, 2.45) is 10.8 Å². The smallest absolute Gasteiger partial charge is 0.144 e. The van der Waals surface area contributed by atoms with Gasteiger partial charge in [-0.1, -0.05) is 12.1 Å². The highest BCUT2D eigenvalue weighted by Crippen LogP contribution is 2.32. The Morgan fingerprint density at radius 2 is 2.26 bits per heavy atom. The molecule has 0 spiro atoms. The van der Waals surface area contributed by atoms with Crippen molar-refractivity contribution >= 4 is 11.4 Å². The summed E-state index contributed by atoms with van der Waals surface area (Å²) in [5, 5.41) is 24.9. The van der Waals surface area contributed by atoms with Gasteiger partial charge in [0.2, 0.25) is 0 Å². The highest BCUT2D eigenvalue weighted by Gasteiger charge is 2.33. The van der Waals surface area contributed by atoms with E-state index in [0.29, 0.717) is 23.6 Å². The molecule has 3 N–H and O–H groups in total. The fraction of sp³-hybridized carbons (Fsp3) is 0.294. The second-order valence-electron chi connectivity index (χ2n) is 6.01. The molecule has 0 radical (unpaired) electrons. The van der Waals surface area contributed by atoms with Gasteiger partial charge in [0.25, 0.3) is 0 Å². The van der Waals surface area contributed by atoms with Gasteiger partial charge in [0.1, 0.15) is 17.5 Å². The Balaban J connectivity index is 2.11. The van der Waals surface area contributed by atoms with Crippen molar-refractivity contribution in [1.29, 1.82) is 5.26 Å². The van der Waals surface area contributed by atoms with Gasteiger partial charge >= 0.3 is 0 Å². The molecule has 0 fully saturated rings. The predicted molar refractivity (Wildman–Crippen MR) is 87.2 cm³/mol. The van der Waals surface area contributed by atoms with Crippen molar-refractivity contribution in [2.75, 3.05) is 11.6 Å². The van der Waals surface area contributed by atoms with Crippen LogP contribution in [0.2, 0.25) is 0 Å². The molecule has 2 aliphatic heterocycles. The fourth-order valence-electron chi connectivity index (χ4n) is 2.62. The highest BCUT2D eigenvalue weighted by atomic mass is 16.5. The Labute approximate surface area is 134 Å². The van der Waals surface area contributed by atoms with E-state index in [1.165, 1.54) is 5.01 Å². The first-order valence-corrected chi connectivity index (χ1v) is 7.30. The number of nitrogens with zero attached hydrogens (tertiary/aromatic N) is 3. The third-order valence-corrected chi connectivity index (χ3v) is 3.81. The van der Waals surface area contributed by atoms with Crippen molar-refractivity contribution in [3.63, 3.8) is 0 Å². The van der Waals surface area contributed by atoms with Crippen LogP contribution in [-0.4, -0.2) is 23.0 Å². The number of nitrogens with two attached hydrogens (primary N) is 1. The summed E-state index contributed by atoms with van der Waals surface area (Å²) < 4.78 is 5.75. The van der Waals surface area contributed by atoms with Crippen LogP contribution in [0.5, 0.6) is 0 Å². The second-order valence-corrected chi connectivity index (χ2v) is 6.01. The van der Waals surface area contributed by atoms with Crippen LogP contribution in [0.15, 0.2) is 52.4 Å². The molecule has 6 heteroatoms. The molecule has 0 saturated carbocycles. The lowest BCUT2D eigenvalue weighted by molar-refractivity contribution is 0.0409. The number of hydrogen-bond donors (Lipinski definition) is 2. The van der Waals surface area contributed by atoms with Gasteiger partial charge in [-0.25, -0.2) is 5.01 Å². The van der Waals surface area contributed by atoms with E-state index in [-0.39, 0.29) is 12.4 Å². The zero-order chi connectivity index (χ0) is 16.6. The van der Waals surface area contributed by atoms with Gasteiger partial charge in [0.15, 0.2) is 0 Å². The van der Waals surface area contributed by atoms with Crippen LogP contribution in [0.1, 0.15) is 19.4 Å². The van der Waals surface area contributed by atoms with Crippen LogP contribution >= 0.6 is 0 Å². The van der Waals surface area contributed by atoms with Crippen LogP contribution in [0.4, 0.5) is 5.69 Å². The molecule has 0 aromatic heterocycles. The first-order chi connectivity index (χ1) is 10.9. The third-order valence-electron chi connectivity index (χ3n) is 3.81. The van der Waals surface area contributed by atoms with E-state index in [2.05, 4.69) is 11.2 Å². The van der Waals surface area contributed by atoms with Crippen molar-refractivity contribution in [3.8, 4) is 6.07 Å². The summed E-state index contributed by atoms with van der Waals surface area (Å²) in [6.45, 7) is 4.10. The third kappa shape index (κ3) is 2.72. The lowest BCUT2D eigenvalue weighted by atomic mass is 9.92. The van der Waals surface area contributed by atoms with E-state index in [4.69, 9.17) is 10.5 Å². The number of ether oxygens (including phenoxy) is 1. The normalized spacial score (nSPS) is 19.7. The van der Waals surface area contributed by atoms with Crippen LogP contribution in [0.25, 0.3) is 0 Å². The van der Waals surface area contributed by atoms with Crippen molar-refractivity contribution in [3.05, 3.63) is 52.9 Å². The Kier molecular flexibility index (Phi) is 3.68. The number of anilines is 1. The number of benzene rings is 1. The topological polar surface area (TPSA) is 94.9 Å². The molecule has 2 heterocycles. The van der Waals surface area contributed by atoms with Crippen molar-refractivity contribution in [2.45, 2.75) is 26.1 Å². The number of fused-ring (bicyclic) bond motifs is 1. The van der Waals surface area contributed by atoms with Gasteiger partial charge in [-0.05, 0) is 37.6 Å². The summed E-state index contributed by atoms with van der Waals surface area (Å²) in [5.41, 5.74) is 8.95. The monoisotopic (exact) mass is 310 g/mol. The Morgan fingerprint density at radius 3 is 2.96 bits per heavy atom. The molecule has 1 aromatic rings. The van der Waals surface area contributed by atoms with Crippen molar-refractivity contribution < 1.29 is 9.84 Å². The number of hydrogen-bond acceptors (Lipinski definition) is 6. The number of aliphatic hydroxyl groups excluding tert-OH is 1. The summed E-state index contributed by atoms with van der Waals surface area (Å²) in [7, 11) is 0. The summed E-state index contributed by atoms with van der Waals surface area (Å²) in [4.78, 5) is 0. The summed E-state index contributed by atoms with van der Waals surface area (Å²) in [5.74, 6) is 0.273. The van der Waals surface area contributed by atoms with Gasteiger partial charge < -0.3 is 15.6 Å². The molecule has 118 valence electrons. The van der Waals surface area contributed by atoms with Gasteiger partial charge in [-0.15, -0.1) is 0 Å². The molecule has 1 aromatic carbocycles. The highest BCUT2D eigenvalue weighted by molar-refractivity contribution is 6.08. The maximum Gasteiger partial charge on any atom is 0.144 e. The molecule has 0 unspecified atom stereocenters. The van der Waals surface area contributed by atoms with E-state index < -0.39 is 5.60 Å². The SMILES string of the molecule is CC1(C)C=C2C(=NN(c3cccc(CO)c3)C(N)=C2C#N)CO1. The van der Waals surface area contributed by atoms with Crippen molar-refractivity contribution in [1.82, 2.24) is 0 Å². The molecular weight excluding hydrogens is 292 g/mol. The molecule has 0 aliphatic carbocycles. The lowest BCUT2D eigenvalue weighted by Gasteiger charge is -2.34. The van der Waals surface area contributed by atoms with Gasteiger partial charge in [0.05, 0.1) is 30.2 Å². The maximum absolute atomic E-state index is 9.54. The quantitative estimate of drug-likeness (QED) is 0.868. The molecule has 2 aliphatic rings. The van der Waals surface area contributed by atoms with Crippen LogP contribution in [-0.2, 0) is 11.3 Å². The largest absolute Gasteiger partial charge is 0.392 e. The first kappa shape index (κ1) is 15.3. The standard InChI is InChI=1S/C17H18N4O2/c1-17(2)7-13-14(8-18)16(19)21(20-15(13)10-23-17)12-5-3-4-11(6-12)9-22/h3-7,22H,9-10,19H2,1-2H3. The van der Waals surface area contributed by atoms with Gasteiger partial charge in [-0.3, -0.25) is 0 Å². The van der Waals surface area contributed by atoms with E-state index in [0.717, 1.165) is 11.1 Å². The Morgan fingerprint density at radius 1 is 1.48 bits per heavy atom. The van der Waals surface area contributed by atoms with E-state index in [9.17, 15) is 10.4 Å². The minimum absolute atomic E-state index is 0.0740. The van der Waals surface area contributed by atoms with Crippen LogP contribution in [0.3, 0.4) is 0 Å². The fourth-order valence-corrected chi connectivity index (χ4v) is 2.62. The van der Waals surface area contributed by atoms with Crippen LogP contribution in [0, 0.1) is 11.3 Å². The predicted octanol–water partition coefficient (Wildman–Crippen LogP) is 1.78. The number of hydrazone groups is 1. The number of aliphatic hydroxyl groups is 1. The summed E-state index contributed by atoms with van der Waals surface area (Å²) >= 11 is 0. The summed E-state index contributed by atoms with van der Waals surface area (Å²) in [6, 6.07) is 9.41. The molecular formula is C17H18N4O2. The number of rotatable bonds is 2. The maximum atomic E-state index is 9.54. The number of allylic oxidation sites excluding steroid dienone is 1. The Bertz CT molecular complexity index is 784. The minimum atomic E-state index is -0.463. The van der Waals surface area contributed by atoms with Gasteiger partial charge in [0, 0.05) is 5.57 Å². The average molecular weight is 310 g/mol. The minimum Gasteiger partial charge on any atom is -0.392 e.